The van der Waals surface area contributed by atoms with Gasteiger partial charge < -0.3 is 14.7 Å². The highest BCUT2D eigenvalue weighted by molar-refractivity contribution is 5.41. The third kappa shape index (κ3) is 5.02. The number of ether oxygens (including phenoxy) is 1. The van der Waals surface area contributed by atoms with E-state index >= 15 is 0 Å². The van der Waals surface area contributed by atoms with E-state index in [9.17, 15) is 5.11 Å². The average molecular weight is 376 g/mol. The smallest absolute Gasteiger partial charge is 0.122 e. The van der Waals surface area contributed by atoms with Gasteiger partial charge in [-0.1, -0.05) is 6.07 Å². The summed E-state index contributed by atoms with van der Waals surface area (Å²) in [5, 5.41) is 9.62. The molecular formula is C22H37N3O2. The van der Waals surface area contributed by atoms with Crippen molar-refractivity contribution in [1.29, 1.82) is 0 Å². The number of rotatable bonds is 6. The Morgan fingerprint density at radius 3 is 2.48 bits per heavy atom. The van der Waals surface area contributed by atoms with Crippen LogP contribution in [0.25, 0.3) is 0 Å². The molecule has 1 unspecified atom stereocenters. The first-order chi connectivity index (χ1) is 13.0. The van der Waals surface area contributed by atoms with Crippen molar-refractivity contribution in [2.24, 2.45) is 0 Å². The Labute approximate surface area is 164 Å². The molecule has 0 saturated carbocycles. The van der Waals surface area contributed by atoms with Gasteiger partial charge in [0.2, 0.25) is 0 Å². The largest absolute Gasteiger partial charge is 0.496 e. The Morgan fingerprint density at radius 2 is 1.81 bits per heavy atom. The van der Waals surface area contributed by atoms with Crippen molar-refractivity contribution in [1.82, 2.24) is 14.7 Å². The second-order valence-electron chi connectivity index (χ2n) is 8.42. The quantitative estimate of drug-likeness (QED) is 0.826. The van der Waals surface area contributed by atoms with Gasteiger partial charge in [-0.2, -0.15) is 0 Å². The van der Waals surface area contributed by atoms with Gasteiger partial charge in [-0.15, -0.1) is 0 Å². The molecule has 2 aliphatic rings. The summed E-state index contributed by atoms with van der Waals surface area (Å²) in [5.74, 6) is 0.974. The number of benzene rings is 1. The first-order valence-corrected chi connectivity index (χ1v) is 10.4. The second kappa shape index (κ2) is 9.37. The average Bonchev–Trinajstić information content (AvgIpc) is 2.66. The van der Waals surface area contributed by atoms with Crippen LogP contribution in [-0.4, -0.2) is 85.4 Å². The summed E-state index contributed by atoms with van der Waals surface area (Å²) >= 11 is 0. The molecule has 152 valence electrons. The number of likely N-dealkylation sites (tertiary alicyclic amines) is 1. The summed E-state index contributed by atoms with van der Waals surface area (Å²) in [4.78, 5) is 7.70. The van der Waals surface area contributed by atoms with Gasteiger partial charge in [0.25, 0.3) is 0 Å². The van der Waals surface area contributed by atoms with Gasteiger partial charge in [0.05, 0.1) is 7.11 Å². The molecule has 1 aromatic carbocycles. The van der Waals surface area contributed by atoms with E-state index in [1.54, 1.807) is 7.11 Å². The third-order valence-electron chi connectivity index (χ3n) is 6.48. The van der Waals surface area contributed by atoms with Gasteiger partial charge in [-0.05, 0) is 76.0 Å². The Morgan fingerprint density at radius 1 is 1.07 bits per heavy atom. The Balaban J connectivity index is 1.65. The number of methoxy groups -OCH3 is 1. The zero-order valence-electron chi connectivity index (χ0n) is 17.6. The molecule has 1 aromatic rings. The van der Waals surface area contributed by atoms with Gasteiger partial charge >= 0.3 is 0 Å². The molecule has 0 spiro atoms. The minimum Gasteiger partial charge on any atom is -0.496 e. The summed E-state index contributed by atoms with van der Waals surface area (Å²) in [7, 11) is 3.96. The molecule has 27 heavy (non-hydrogen) atoms. The molecule has 5 heteroatoms. The first kappa shape index (κ1) is 20.6. The van der Waals surface area contributed by atoms with Crippen molar-refractivity contribution in [3.63, 3.8) is 0 Å². The predicted octanol–water partition coefficient (Wildman–Crippen LogP) is 2.27. The number of piperidine rings is 1. The Bertz CT molecular complexity index is 614. The SMILES string of the molecule is COc1cc(C)c(CN2CCN(C3CCN(C)CC3)C(CCO)C2)cc1C. The van der Waals surface area contributed by atoms with E-state index < -0.39 is 0 Å². The highest BCUT2D eigenvalue weighted by Crippen LogP contribution is 2.26. The van der Waals surface area contributed by atoms with Crippen molar-refractivity contribution >= 4 is 0 Å². The minimum atomic E-state index is 0.280. The summed E-state index contributed by atoms with van der Waals surface area (Å²) in [6.45, 7) is 11.2. The number of nitrogens with zero attached hydrogens (tertiary/aromatic N) is 3. The number of hydrogen-bond donors (Lipinski definition) is 1. The standard InChI is InChI=1S/C22H37N3O2/c1-17-14-22(27-4)18(2)13-19(17)15-24-10-11-25(21(16-24)7-12-26)20-5-8-23(3)9-6-20/h13-14,20-21,26H,5-12,15-16H2,1-4H3. The van der Waals surface area contributed by atoms with Crippen molar-refractivity contribution < 1.29 is 9.84 Å². The number of aliphatic hydroxyl groups is 1. The molecule has 0 aliphatic carbocycles. The summed E-state index contributed by atoms with van der Waals surface area (Å²) in [6, 6.07) is 5.59. The lowest BCUT2D eigenvalue weighted by molar-refractivity contribution is 0.00594. The molecule has 0 aromatic heterocycles. The van der Waals surface area contributed by atoms with Crippen LogP contribution in [0, 0.1) is 13.8 Å². The molecule has 0 bridgehead atoms. The van der Waals surface area contributed by atoms with Crippen molar-refractivity contribution in [3.8, 4) is 5.75 Å². The fourth-order valence-corrected chi connectivity index (χ4v) is 4.77. The lowest BCUT2D eigenvalue weighted by Gasteiger charge is -2.47. The monoisotopic (exact) mass is 375 g/mol. The fourth-order valence-electron chi connectivity index (χ4n) is 4.77. The lowest BCUT2D eigenvalue weighted by Crippen LogP contribution is -2.58. The van der Waals surface area contributed by atoms with Crippen LogP contribution in [0.2, 0.25) is 0 Å². The minimum absolute atomic E-state index is 0.280. The van der Waals surface area contributed by atoms with E-state index in [0.29, 0.717) is 12.1 Å². The van der Waals surface area contributed by atoms with Crippen LogP contribution >= 0.6 is 0 Å². The number of aryl methyl sites for hydroxylation is 2. The zero-order chi connectivity index (χ0) is 19.4. The molecule has 2 saturated heterocycles. The second-order valence-corrected chi connectivity index (χ2v) is 8.42. The lowest BCUT2D eigenvalue weighted by atomic mass is 9.97. The molecule has 0 radical (unpaired) electrons. The van der Waals surface area contributed by atoms with Crippen LogP contribution in [0.5, 0.6) is 5.75 Å². The van der Waals surface area contributed by atoms with Crippen LogP contribution in [0.1, 0.15) is 36.0 Å². The molecule has 0 amide bonds. The summed E-state index contributed by atoms with van der Waals surface area (Å²) in [6.07, 6.45) is 3.40. The highest BCUT2D eigenvalue weighted by atomic mass is 16.5. The molecule has 3 rings (SSSR count). The van der Waals surface area contributed by atoms with E-state index in [1.165, 1.54) is 42.6 Å². The van der Waals surface area contributed by atoms with Gasteiger partial charge in [-0.25, -0.2) is 0 Å². The third-order valence-corrected chi connectivity index (χ3v) is 6.48. The maximum Gasteiger partial charge on any atom is 0.122 e. The molecule has 1 atom stereocenters. The fraction of sp³-hybridized carbons (Fsp3) is 0.727. The number of piperazine rings is 1. The Hall–Kier alpha value is -1.14. The Kier molecular flexibility index (Phi) is 7.15. The van der Waals surface area contributed by atoms with Crippen molar-refractivity contribution in [2.75, 3.05) is 53.5 Å². The van der Waals surface area contributed by atoms with Gasteiger partial charge in [0, 0.05) is 44.9 Å². The number of hydrogen-bond acceptors (Lipinski definition) is 5. The highest BCUT2D eigenvalue weighted by Gasteiger charge is 2.33. The number of aliphatic hydroxyl groups excluding tert-OH is 1. The topological polar surface area (TPSA) is 39.2 Å². The van der Waals surface area contributed by atoms with E-state index in [2.05, 4.69) is 47.7 Å². The zero-order valence-corrected chi connectivity index (χ0v) is 17.6. The molecule has 1 N–H and O–H groups in total. The molecular weight excluding hydrogens is 338 g/mol. The first-order valence-electron chi connectivity index (χ1n) is 10.4. The van der Waals surface area contributed by atoms with E-state index in [0.717, 1.165) is 38.3 Å². The van der Waals surface area contributed by atoms with Crippen LogP contribution in [0.4, 0.5) is 0 Å². The van der Waals surface area contributed by atoms with Crippen molar-refractivity contribution in [3.05, 3.63) is 28.8 Å². The van der Waals surface area contributed by atoms with Gasteiger partial charge in [-0.3, -0.25) is 9.80 Å². The van der Waals surface area contributed by atoms with Crippen LogP contribution < -0.4 is 4.74 Å². The van der Waals surface area contributed by atoms with E-state index in [4.69, 9.17) is 4.74 Å². The molecule has 5 nitrogen and oxygen atoms in total. The molecule has 2 aliphatic heterocycles. The van der Waals surface area contributed by atoms with Crippen molar-refractivity contribution in [2.45, 2.75) is 51.7 Å². The van der Waals surface area contributed by atoms with Crippen LogP contribution in [0.3, 0.4) is 0 Å². The summed E-state index contributed by atoms with van der Waals surface area (Å²) in [5.41, 5.74) is 3.90. The van der Waals surface area contributed by atoms with Crippen LogP contribution in [-0.2, 0) is 6.54 Å². The van der Waals surface area contributed by atoms with E-state index in [1.807, 2.05) is 0 Å². The molecule has 2 heterocycles. The normalized spacial score (nSPS) is 23.7. The summed E-state index contributed by atoms with van der Waals surface area (Å²) < 4.78 is 5.46. The predicted molar refractivity (Wildman–Crippen MR) is 110 cm³/mol. The van der Waals surface area contributed by atoms with E-state index in [-0.39, 0.29) is 6.61 Å². The van der Waals surface area contributed by atoms with Gasteiger partial charge in [0.1, 0.15) is 5.75 Å². The molecule has 2 fully saturated rings. The maximum absolute atomic E-state index is 9.62. The maximum atomic E-state index is 9.62. The van der Waals surface area contributed by atoms with Crippen LogP contribution in [0.15, 0.2) is 12.1 Å². The van der Waals surface area contributed by atoms with Gasteiger partial charge in [0.15, 0.2) is 0 Å².